The molecular weight excluding hydrogens is 519 g/mol. The maximum atomic E-state index is 14.4. The number of aliphatic hydroxyl groups excluding tert-OH is 2. The zero-order chi connectivity index (χ0) is 27.5. The van der Waals surface area contributed by atoms with E-state index in [0.29, 0.717) is 74.6 Å². The van der Waals surface area contributed by atoms with Gasteiger partial charge in [0.15, 0.2) is 17.3 Å². The monoisotopic (exact) mass is 549 g/mol. The molecule has 11 nitrogen and oxygen atoms in total. The number of amides is 1. The van der Waals surface area contributed by atoms with E-state index < -0.39 is 35.8 Å². The lowest BCUT2D eigenvalue weighted by atomic mass is 9.85. The second-order valence-corrected chi connectivity index (χ2v) is 9.87. The summed E-state index contributed by atoms with van der Waals surface area (Å²) in [6.07, 6.45) is 3.87. The molecular formula is C25H30F3N7O4. The first-order chi connectivity index (χ1) is 18.8. The Morgan fingerprint density at radius 1 is 1.13 bits per heavy atom. The molecule has 0 spiro atoms. The summed E-state index contributed by atoms with van der Waals surface area (Å²) in [4.78, 5) is 25.8. The van der Waals surface area contributed by atoms with Crippen LogP contribution >= 0.6 is 0 Å². The molecule has 1 aliphatic carbocycles. The average molecular weight is 550 g/mol. The number of nitrogens with zero attached hydrogens (tertiary/aromatic N) is 4. The number of hydrogen-bond donors (Lipinski definition) is 5. The van der Waals surface area contributed by atoms with Gasteiger partial charge in [0.2, 0.25) is 17.8 Å². The fraction of sp³-hybridized carbons (Fsp3) is 0.520. The van der Waals surface area contributed by atoms with Gasteiger partial charge in [-0.3, -0.25) is 9.36 Å². The number of aliphatic hydroxyl groups is 2. The van der Waals surface area contributed by atoms with Crippen LogP contribution in [0.15, 0.2) is 18.3 Å². The summed E-state index contributed by atoms with van der Waals surface area (Å²) >= 11 is 0. The highest BCUT2D eigenvalue weighted by molar-refractivity contribution is 5.79. The summed E-state index contributed by atoms with van der Waals surface area (Å²) < 4.78 is 49.4. The molecule has 0 radical (unpaired) electrons. The fourth-order valence-corrected chi connectivity index (χ4v) is 5.00. The van der Waals surface area contributed by atoms with Crippen LogP contribution in [0.2, 0.25) is 0 Å². The maximum absolute atomic E-state index is 14.4. The molecule has 1 aromatic carbocycles. The van der Waals surface area contributed by atoms with Crippen molar-refractivity contribution in [2.45, 2.75) is 50.3 Å². The van der Waals surface area contributed by atoms with E-state index in [4.69, 9.17) is 9.84 Å². The van der Waals surface area contributed by atoms with Crippen LogP contribution in [0.3, 0.4) is 0 Å². The van der Waals surface area contributed by atoms with E-state index in [1.807, 2.05) is 0 Å². The van der Waals surface area contributed by atoms with Crippen molar-refractivity contribution < 1.29 is 32.9 Å². The molecule has 2 aliphatic rings. The van der Waals surface area contributed by atoms with Crippen molar-refractivity contribution in [3.8, 4) is 0 Å². The maximum Gasteiger partial charge on any atom is 0.224 e. The van der Waals surface area contributed by atoms with Gasteiger partial charge < -0.3 is 30.9 Å². The van der Waals surface area contributed by atoms with E-state index in [1.54, 1.807) is 4.57 Å². The number of benzene rings is 1. The molecule has 3 heterocycles. The third kappa shape index (κ3) is 6.07. The molecule has 2 atom stereocenters. The lowest BCUT2D eigenvalue weighted by Crippen LogP contribution is -2.40. The molecule has 3 aromatic rings. The van der Waals surface area contributed by atoms with Crippen LogP contribution in [0.1, 0.15) is 38.1 Å². The van der Waals surface area contributed by atoms with Crippen molar-refractivity contribution in [1.29, 1.82) is 0 Å². The van der Waals surface area contributed by atoms with Crippen LogP contribution in [0, 0.1) is 23.4 Å². The smallest absolute Gasteiger partial charge is 0.224 e. The second-order valence-electron chi connectivity index (χ2n) is 9.87. The summed E-state index contributed by atoms with van der Waals surface area (Å²) in [6, 6.07) is 1.02. The van der Waals surface area contributed by atoms with Crippen molar-refractivity contribution in [2.75, 3.05) is 37.0 Å². The lowest BCUT2D eigenvalue weighted by molar-refractivity contribution is -0.126. The predicted molar refractivity (Wildman–Crippen MR) is 135 cm³/mol. The molecule has 1 saturated heterocycles. The van der Waals surface area contributed by atoms with Crippen molar-refractivity contribution in [3.63, 3.8) is 0 Å². The molecule has 210 valence electrons. The Morgan fingerprint density at radius 3 is 2.54 bits per heavy atom. The van der Waals surface area contributed by atoms with Gasteiger partial charge in [-0.05, 0) is 32.1 Å². The highest BCUT2D eigenvalue weighted by atomic mass is 19.1. The number of aromatic nitrogens is 4. The fourth-order valence-electron chi connectivity index (χ4n) is 5.00. The highest BCUT2D eigenvalue weighted by Crippen LogP contribution is 2.32. The minimum Gasteiger partial charge on any atom is -0.394 e. The van der Waals surface area contributed by atoms with Gasteiger partial charge in [-0.25, -0.2) is 23.1 Å². The number of ether oxygens (including phenoxy) is 1. The zero-order valence-electron chi connectivity index (χ0n) is 21.0. The summed E-state index contributed by atoms with van der Waals surface area (Å²) in [5.41, 5.74) is 0.331. The number of rotatable bonds is 9. The molecule has 0 bridgehead atoms. The van der Waals surface area contributed by atoms with Gasteiger partial charge in [-0.15, -0.1) is 0 Å². The quantitative estimate of drug-likeness (QED) is 0.272. The van der Waals surface area contributed by atoms with E-state index in [9.17, 15) is 23.1 Å². The van der Waals surface area contributed by atoms with Crippen LogP contribution in [0.25, 0.3) is 11.2 Å². The van der Waals surface area contributed by atoms with Gasteiger partial charge in [-0.1, -0.05) is 0 Å². The van der Waals surface area contributed by atoms with Gasteiger partial charge in [-0.2, -0.15) is 4.98 Å². The first-order valence-electron chi connectivity index (χ1n) is 12.9. The lowest BCUT2D eigenvalue weighted by Gasteiger charge is -2.28. The van der Waals surface area contributed by atoms with Crippen molar-refractivity contribution in [3.05, 3.63) is 35.8 Å². The molecule has 2 fully saturated rings. The number of anilines is 3. The van der Waals surface area contributed by atoms with Crippen molar-refractivity contribution in [2.24, 2.45) is 5.92 Å². The Labute approximate surface area is 221 Å². The Kier molecular flexibility index (Phi) is 8.14. The minimum absolute atomic E-state index is 0.0123. The van der Waals surface area contributed by atoms with Crippen LogP contribution in [0.5, 0.6) is 0 Å². The van der Waals surface area contributed by atoms with Gasteiger partial charge in [0, 0.05) is 37.2 Å². The molecule has 1 amide bonds. The molecule has 2 aromatic heterocycles. The first-order valence-corrected chi connectivity index (χ1v) is 12.9. The summed E-state index contributed by atoms with van der Waals surface area (Å²) in [6.45, 7) is 0.474. The molecule has 1 aliphatic heterocycles. The summed E-state index contributed by atoms with van der Waals surface area (Å²) in [7, 11) is 0. The second kappa shape index (κ2) is 11.7. The standard InChI is InChI=1S/C25H30F3N7O4/c26-14-7-18(27)21(19(28)8-14)33-25-32-20-10-30-24(34-22(20)35(25)16-5-6-39-12-16)31-15-3-1-13(2-4-15)23(38)29-9-17(37)11-36/h7-8,10,13,15-17,36-37H,1-6,9,11-12H2,(H,29,38)(H,32,33)(H,30,31,34)/t13?,15?,16?,17-/m1/s1. The van der Waals surface area contributed by atoms with Gasteiger partial charge in [0.05, 0.1) is 31.6 Å². The van der Waals surface area contributed by atoms with Crippen LogP contribution < -0.4 is 16.0 Å². The molecule has 1 saturated carbocycles. The highest BCUT2D eigenvalue weighted by Gasteiger charge is 2.29. The van der Waals surface area contributed by atoms with E-state index in [-0.39, 0.29) is 36.4 Å². The third-order valence-electron chi connectivity index (χ3n) is 7.10. The zero-order valence-corrected chi connectivity index (χ0v) is 21.0. The number of halogens is 3. The number of hydrogen-bond acceptors (Lipinski definition) is 9. The number of nitrogens with one attached hydrogen (secondary N) is 3. The van der Waals surface area contributed by atoms with Crippen molar-refractivity contribution >= 4 is 34.7 Å². The Hall–Kier alpha value is -3.49. The van der Waals surface area contributed by atoms with Crippen LogP contribution in [-0.2, 0) is 9.53 Å². The van der Waals surface area contributed by atoms with Crippen LogP contribution in [-0.4, -0.2) is 74.2 Å². The molecule has 5 N–H and O–H groups in total. The minimum atomic E-state index is -1.09. The topological polar surface area (TPSA) is 146 Å². The molecule has 1 unspecified atom stereocenters. The Bertz CT molecular complexity index is 1300. The van der Waals surface area contributed by atoms with E-state index in [1.165, 1.54) is 6.20 Å². The van der Waals surface area contributed by atoms with Crippen molar-refractivity contribution in [1.82, 2.24) is 24.8 Å². The SMILES string of the molecule is O=C(NC[C@@H](O)CO)C1CCC(Nc2ncc3nc(Nc4c(F)cc(F)cc4F)n(C4CCOC4)c3n2)CC1. The normalized spacial score (nSPS) is 22.1. The van der Waals surface area contributed by atoms with E-state index in [2.05, 4.69) is 30.9 Å². The average Bonchev–Trinajstić information content (AvgIpc) is 3.57. The molecule has 14 heteroatoms. The molecule has 5 rings (SSSR count). The van der Waals surface area contributed by atoms with E-state index >= 15 is 0 Å². The summed E-state index contributed by atoms with van der Waals surface area (Å²) in [5.74, 6) is -3.03. The number of carbonyl (C=O) groups excluding carboxylic acids is 1. The van der Waals surface area contributed by atoms with Gasteiger partial charge >= 0.3 is 0 Å². The van der Waals surface area contributed by atoms with Gasteiger partial charge in [0.25, 0.3) is 0 Å². The Morgan fingerprint density at radius 2 is 1.87 bits per heavy atom. The largest absolute Gasteiger partial charge is 0.394 e. The predicted octanol–water partition coefficient (Wildman–Crippen LogP) is 2.39. The number of fused-ring (bicyclic) bond motifs is 1. The Balaban J connectivity index is 1.32. The van der Waals surface area contributed by atoms with Crippen LogP contribution in [0.4, 0.5) is 30.8 Å². The first kappa shape index (κ1) is 27.1. The molecule has 39 heavy (non-hydrogen) atoms. The van der Waals surface area contributed by atoms with E-state index in [0.717, 1.165) is 0 Å². The third-order valence-corrected chi connectivity index (χ3v) is 7.10. The number of carbonyl (C=O) groups is 1. The van der Waals surface area contributed by atoms with Gasteiger partial charge in [0.1, 0.15) is 17.0 Å². The number of imidazole rings is 1. The summed E-state index contributed by atoms with van der Waals surface area (Å²) in [5, 5.41) is 27.0.